The largest absolute Gasteiger partial charge is 0.387 e. The number of Topliss-reactive ketones (excluding diaryl/α,β-unsaturated/α-hetero) is 1. The minimum atomic E-state index is -0.560. The van der Waals surface area contributed by atoms with Gasteiger partial charge in [0, 0.05) is 36.1 Å². The number of hydrogen-bond donors (Lipinski definition) is 3. The molecule has 1 amide bonds. The predicted octanol–water partition coefficient (Wildman–Crippen LogP) is 3.05. The van der Waals surface area contributed by atoms with Crippen LogP contribution < -0.4 is 5.73 Å². The van der Waals surface area contributed by atoms with Gasteiger partial charge in [0.2, 0.25) is 5.91 Å². The number of nitrogen functional groups attached to an aromatic ring is 1. The molecule has 0 aliphatic carbocycles. The normalized spacial score (nSPS) is 12.1. The lowest BCUT2D eigenvalue weighted by Crippen LogP contribution is -2.42. The summed E-state index contributed by atoms with van der Waals surface area (Å²) in [5.74, 6) is -1.00. The zero-order valence-corrected chi connectivity index (χ0v) is 21.6. The predicted molar refractivity (Wildman–Crippen MR) is 140 cm³/mol. The maximum atomic E-state index is 14.9. The van der Waals surface area contributed by atoms with E-state index in [1.54, 1.807) is 11.0 Å². The number of aryl methyl sites for hydroxylation is 1. The molecule has 4 aromatic heterocycles. The number of rotatable bonds is 11. The minimum Gasteiger partial charge on any atom is -0.387 e. The molecule has 0 unspecified atom stereocenters. The summed E-state index contributed by atoms with van der Waals surface area (Å²) in [5, 5.41) is 20.3. The second-order valence-corrected chi connectivity index (χ2v) is 9.04. The van der Waals surface area contributed by atoms with Gasteiger partial charge in [-0.05, 0) is 44.7 Å². The topological polar surface area (TPSA) is 155 Å². The molecule has 4 heterocycles. The van der Waals surface area contributed by atoms with Gasteiger partial charge in [-0.1, -0.05) is 13.8 Å². The molecular weight excluding hydrogens is 491 g/mol. The molecule has 0 aliphatic heterocycles. The van der Waals surface area contributed by atoms with Crippen molar-refractivity contribution in [3.63, 3.8) is 0 Å². The van der Waals surface area contributed by atoms with E-state index in [1.807, 2.05) is 13.8 Å². The Morgan fingerprint density at radius 1 is 1.29 bits per heavy atom. The number of aromatic nitrogens is 6. The molecule has 4 N–H and O–H groups in total. The van der Waals surface area contributed by atoms with E-state index in [1.165, 1.54) is 36.1 Å². The lowest BCUT2D eigenvalue weighted by atomic mass is 10.0. The van der Waals surface area contributed by atoms with Crippen molar-refractivity contribution in [2.75, 3.05) is 18.9 Å². The van der Waals surface area contributed by atoms with Crippen LogP contribution in [0, 0.1) is 5.82 Å². The number of H-pyrrole nitrogens is 1. The summed E-state index contributed by atoms with van der Waals surface area (Å²) in [6, 6.07) is 2.82. The number of nitrogens with two attached hydrogens (primary N) is 1. The van der Waals surface area contributed by atoms with Crippen molar-refractivity contribution in [1.82, 2.24) is 34.7 Å². The summed E-state index contributed by atoms with van der Waals surface area (Å²) in [5.41, 5.74) is 9.02. The molecule has 0 fully saturated rings. The Hall–Kier alpha value is -4.19. The molecule has 4 aromatic rings. The average molecular weight is 523 g/mol. The van der Waals surface area contributed by atoms with Gasteiger partial charge in [0.05, 0.1) is 23.1 Å². The number of fused-ring (bicyclic) bond motifs is 1. The molecular formula is C26H31FN8O3. The van der Waals surface area contributed by atoms with E-state index < -0.39 is 12.4 Å². The molecule has 1 atom stereocenters. The highest BCUT2D eigenvalue weighted by molar-refractivity contribution is 6.00. The van der Waals surface area contributed by atoms with Crippen molar-refractivity contribution in [3.05, 3.63) is 47.8 Å². The zero-order chi connectivity index (χ0) is 27.4. The zero-order valence-electron chi connectivity index (χ0n) is 21.6. The molecule has 11 nitrogen and oxygen atoms in total. The Morgan fingerprint density at radius 2 is 2.08 bits per heavy atom. The van der Waals surface area contributed by atoms with Gasteiger partial charge < -0.3 is 15.7 Å². The molecule has 4 rings (SSSR count). The Balaban J connectivity index is 1.73. The number of carbonyl (C=O) groups excluding carboxylic acids is 2. The number of hydrogen-bond acceptors (Lipinski definition) is 8. The van der Waals surface area contributed by atoms with Crippen LogP contribution in [0.3, 0.4) is 0 Å². The number of pyridine rings is 1. The van der Waals surface area contributed by atoms with E-state index in [0.29, 0.717) is 54.0 Å². The van der Waals surface area contributed by atoms with Crippen LogP contribution in [-0.2, 0) is 11.2 Å². The number of aliphatic hydroxyl groups is 1. The summed E-state index contributed by atoms with van der Waals surface area (Å²) in [4.78, 5) is 35.6. The van der Waals surface area contributed by atoms with Gasteiger partial charge in [-0.25, -0.2) is 9.37 Å². The fourth-order valence-electron chi connectivity index (χ4n) is 4.73. The minimum absolute atomic E-state index is 0.134. The first-order chi connectivity index (χ1) is 18.3. The van der Waals surface area contributed by atoms with Crippen LogP contribution in [-0.4, -0.2) is 70.7 Å². The van der Waals surface area contributed by atoms with Gasteiger partial charge in [0.25, 0.3) is 0 Å². The third-order valence-corrected chi connectivity index (χ3v) is 6.56. The van der Waals surface area contributed by atoms with E-state index in [2.05, 4.69) is 20.3 Å². The molecule has 0 aliphatic rings. The fourth-order valence-corrected chi connectivity index (χ4v) is 4.73. The van der Waals surface area contributed by atoms with Crippen LogP contribution in [0.1, 0.15) is 56.1 Å². The van der Waals surface area contributed by atoms with Gasteiger partial charge in [0.1, 0.15) is 18.1 Å². The van der Waals surface area contributed by atoms with Crippen LogP contribution in [0.25, 0.3) is 28.2 Å². The molecule has 0 aromatic carbocycles. The number of aliphatic hydroxyl groups excluding tert-OH is 1. The fraction of sp³-hybridized carbons (Fsp3) is 0.385. The summed E-state index contributed by atoms with van der Waals surface area (Å²) in [6.07, 6.45) is 6.85. The molecule has 0 radical (unpaired) electrons. The molecule has 0 spiro atoms. The number of nitrogens with one attached hydrogen (secondary N) is 1. The monoisotopic (exact) mass is 522 g/mol. The Labute approximate surface area is 218 Å². The number of amides is 1. The highest BCUT2D eigenvalue weighted by atomic mass is 19.1. The Bertz CT molecular complexity index is 1450. The molecule has 200 valence electrons. The number of aromatic amines is 1. The second kappa shape index (κ2) is 11.5. The van der Waals surface area contributed by atoms with E-state index in [0.717, 1.165) is 6.42 Å². The third kappa shape index (κ3) is 5.12. The molecule has 0 bridgehead atoms. The average Bonchev–Trinajstić information content (AvgIpc) is 3.58. The van der Waals surface area contributed by atoms with Crippen LogP contribution in [0.2, 0.25) is 0 Å². The second-order valence-electron chi connectivity index (χ2n) is 9.04. The SMILES string of the molecule is CCCN(C(=O)CO)[C@H](CC)CCc1nc2c(-c3cnc(-c4ccn[nH]4)c(F)c3)cnn2c(N)c1C(C)=O. The van der Waals surface area contributed by atoms with Crippen LogP contribution in [0.15, 0.2) is 30.7 Å². The lowest BCUT2D eigenvalue weighted by Gasteiger charge is -2.30. The van der Waals surface area contributed by atoms with Gasteiger partial charge in [-0.2, -0.15) is 14.7 Å². The van der Waals surface area contributed by atoms with Gasteiger partial charge >= 0.3 is 0 Å². The first-order valence-electron chi connectivity index (χ1n) is 12.5. The highest BCUT2D eigenvalue weighted by Crippen LogP contribution is 2.30. The van der Waals surface area contributed by atoms with Crippen LogP contribution in [0.5, 0.6) is 0 Å². The summed E-state index contributed by atoms with van der Waals surface area (Å²) >= 11 is 0. The van der Waals surface area contributed by atoms with Gasteiger partial charge in [0.15, 0.2) is 17.2 Å². The quantitative estimate of drug-likeness (QED) is 0.254. The van der Waals surface area contributed by atoms with E-state index in [9.17, 15) is 19.1 Å². The first-order valence-corrected chi connectivity index (χ1v) is 12.5. The summed E-state index contributed by atoms with van der Waals surface area (Å²) < 4.78 is 16.3. The van der Waals surface area contributed by atoms with Crippen LogP contribution >= 0.6 is 0 Å². The third-order valence-electron chi connectivity index (χ3n) is 6.56. The van der Waals surface area contributed by atoms with E-state index in [4.69, 9.17) is 10.7 Å². The molecule has 0 saturated heterocycles. The van der Waals surface area contributed by atoms with Crippen molar-refractivity contribution in [3.8, 4) is 22.5 Å². The number of halogens is 1. The van der Waals surface area contributed by atoms with Crippen LogP contribution in [0.4, 0.5) is 10.2 Å². The van der Waals surface area contributed by atoms with Crippen molar-refractivity contribution in [2.24, 2.45) is 0 Å². The van der Waals surface area contributed by atoms with Crippen molar-refractivity contribution in [2.45, 2.75) is 52.5 Å². The Morgan fingerprint density at radius 3 is 2.68 bits per heavy atom. The maximum Gasteiger partial charge on any atom is 0.248 e. The smallest absolute Gasteiger partial charge is 0.248 e. The highest BCUT2D eigenvalue weighted by Gasteiger charge is 2.25. The molecule has 12 heteroatoms. The molecule has 38 heavy (non-hydrogen) atoms. The lowest BCUT2D eigenvalue weighted by molar-refractivity contribution is -0.136. The van der Waals surface area contributed by atoms with Crippen molar-refractivity contribution >= 4 is 23.2 Å². The first kappa shape index (κ1) is 26.9. The van der Waals surface area contributed by atoms with Crippen molar-refractivity contribution < 1.29 is 19.1 Å². The van der Waals surface area contributed by atoms with Crippen molar-refractivity contribution in [1.29, 1.82) is 0 Å². The number of nitrogens with zero attached hydrogens (tertiary/aromatic N) is 6. The number of carbonyl (C=O) groups is 2. The maximum absolute atomic E-state index is 14.9. The number of ketones is 1. The number of anilines is 1. The Kier molecular flexibility index (Phi) is 8.10. The van der Waals surface area contributed by atoms with Gasteiger partial charge in [-0.3, -0.25) is 19.7 Å². The van der Waals surface area contributed by atoms with Gasteiger partial charge in [-0.15, -0.1) is 0 Å². The molecule has 0 saturated carbocycles. The standard InChI is InChI=1S/C26H31FN8O3/c1-4-10-34(22(38)14-36)17(5-2)6-7-20-23(15(3)37)25(28)35-26(32-20)18(13-31-35)16-11-19(27)24(29-12-16)21-8-9-30-33-21/h8-9,11-13,17,36H,4-7,10,14,28H2,1-3H3,(H,30,33)/t17-/m1/s1. The van der Waals surface area contributed by atoms with E-state index in [-0.39, 0.29) is 34.8 Å². The summed E-state index contributed by atoms with van der Waals surface area (Å²) in [7, 11) is 0. The summed E-state index contributed by atoms with van der Waals surface area (Å²) in [6.45, 7) is 5.31. The van der Waals surface area contributed by atoms with E-state index >= 15 is 0 Å².